The van der Waals surface area contributed by atoms with Crippen molar-refractivity contribution in [3.8, 4) is 0 Å². The van der Waals surface area contributed by atoms with Crippen molar-refractivity contribution in [2.24, 2.45) is 0 Å². The van der Waals surface area contributed by atoms with Crippen LogP contribution in [0.3, 0.4) is 0 Å². The lowest BCUT2D eigenvalue weighted by atomic mass is 10.0. The standard InChI is InChI=1S/C21H29N3O/c1-16(22-20-6-4-5-7-21(20)23(2)3)17-8-10-18(11-9-17)24-14-12-19(25)13-15-24/h4-11,16,19,22,25H,12-15H2,1-3H3. The van der Waals surface area contributed by atoms with Gasteiger partial charge in [0, 0.05) is 38.9 Å². The number of anilines is 3. The Kier molecular flexibility index (Phi) is 5.49. The highest BCUT2D eigenvalue weighted by Gasteiger charge is 2.17. The van der Waals surface area contributed by atoms with Crippen molar-refractivity contribution in [1.82, 2.24) is 0 Å². The average molecular weight is 339 g/mol. The number of aliphatic hydroxyl groups is 1. The van der Waals surface area contributed by atoms with Gasteiger partial charge in [0.15, 0.2) is 0 Å². The molecule has 1 heterocycles. The van der Waals surface area contributed by atoms with Gasteiger partial charge in [-0.15, -0.1) is 0 Å². The topological polar surface area (TPSA) is 38.7 Å². The van der Waals surface area contributed by atoms with E-state index in [-0.39, 0.29) is 12.1 Å². The van der Waals surface area contributed by atoms with Crippen molar-refractivity contribution in [2.45, 2.75) is 31.9 Å². The van der Waals surface area contributed by atoms with Crippen molar-refractivity contribution in [1.29, 1.82) is 0 Å². The molecule has 134 valence electrons. The third-order valence-corrected chi connectivity index (χ3v) is 4.98. The van der Waals surface area contributed by atoms with Crippen molar-refractivity contribution in [3.63, 3.8) is 0 Å². The van der Waals surface area contributed by atoms with Crippen LogP contribution in [-0.4, -0.2) is 38.4 Å². The van der Waals surface area contributed by atoms with E-state index in [1.807, 2.05) is 0 Å². The molecule has 4 heteroatoms. The lowest BCUT2D eigenvalue weighted by Crippen LogP contribution is -2.35. The van der Waals surface area contributed by atoms with E-state index >= 15 is 0 Å². The molecule has 1 atom stereocenters. The molecule has 25 heavy (non-hydrogen) atoms. The minimum atomic E-state index is -0.128. The second-order valence-electron chi connectivity index (χ2n) is 7.09. The van der Waals surface area contributed by atoms with Gasteiger partial charge in [0.1, 0.15) is 0 Å². The molecule has 4 nitrogen and oxygen atoms in total. The molecule has 1 aliphatic rings. The van der Waals surface area contributed by atoms with Gasteiger partial charge >= 0.3 is 0 Å². The number of nitrogens with one attached hydrogen (secondary N) is 1. The summed E-state index contributed by atoms with van der Waals surface area (Å²) < 4.78 is 0. The lowest BCUT2D eigenvalue weighted by molar-refractivity contribution is 0.145. The summed E-state index contributed by atoms with van der Waals surface area (Å²) in [6.07, 6.45) is 1.60. The Morgan fingerprint density at radius 2 is 1.68 bits per heavy atom. The van der Waals surface area contributed by atoms with E-state index in [1.54, 1.807) is 0 Å². The normalized spacial score (nSPS) is 16.6. The summed E-state index contributed by atoms with van der Waals surface area (Å²) in [5.74, 6) is 0. The fourth-order valence-corrected chi connectivity index (χ4v) is 3.40. The van der Waals surface area contributed by atoms with Crippen molar-refractivity contribution in [3.05, 3.63) is 54.1 Å². The Hall–Kier alpha value is -2.20. The number of hydrogen-bond donors (Lipinski definition) is 2. The van der Waals surface area contributed by atoms with Crippen LogP contribution >= 0.6 is 0 Å². The molecule has 0 bridgehead atoms. The first kappa shape index (κ1) is 17.6. The number of piperidine rings is 1. The number of hydrogen-bond acceptors (Lipinski definition) is 4. The predicted molar refractivity (Wildman–Crippen MR) is 107 cm³/mol. The van der Waals surface area contributed by atoms with Gasteiger partial charge in [0.25, 0.3) is 0 Å². The highest BCUT2D eigenvalue weighted by molar-refractivity contribution is 5.70. The average Bonchev–Trinajstić information content (AvgIpc) is 2.63. The Bertz CT molecular complexity index is 676. The molecule has 0 aromatic heterocycles. The van der Waals surface area contributed by atoms with Crippen LogP contribution in [0.1, 0.15) is 31.4 Å². The van der Waals surface area contributed by atoms with Crippen LogP contribution in [-0.2, 0) is 0 Å². The minimum absolute atomic E-state index is 0.128. The van der Waals surface area contributed by atoms with Gasteiger partial charge < -0.3 is 20.2 Å². The maximum atomic E-state index is 9.65. The van der Waals surface area contributed by atoms with Gasteiger partial charge in [-0.25, -0.2) is 0 Å². The zero-order valence-electron chi connectivity index (χ0n) is 15.4. The van der Waals surface area contributed by atoms with Crippen LogP contribution < -0.4 is 15.1 Å². The van der Waals surface area contributed by atoms with E-state index in [2.05, 4.69) is 84.7 Å². The van der Waals surface area contributed by atoms with Crippen LogP contribution in [0, 0.1) is 0 Å². The zero-order chi connectivity index (χ0) is 17.8. The van der Waals surface area contributed by atoms with E-state index < -0.39 is 0 Å². The summed E-state index contributed by atoms with van der Waals surface area (Å²) in [7, 11) is 4.13. The van der Waals surface area contributed by atoms with Crippen molar-refractivity contribution >= 4 is 17.1 Å². The van der Waals surface area contributed by atoms with Gasteiger partial charge in [0.05, 0.1) is 17.5 Å². The van der Waals surface area contributed by atoms with Crippen LogP contribution in [0.2, 0.25) is 0 Å². The third-order valence-electron chi connectivity index (χ3n) is 4.98. The summed E-state index contributed by atoms with van der Waals surface area (Å²) >= 11 is 0. The third kappa shape index (κ3) is 4.26. The molecule has 1 fully saturated rings. The molecule has 0 aliphatic carbocycles. The molecule has 1 saturated heterocycles. The zero-order valence-corrected chi connectivity index (χ0v) is 15.4. The van der Waals surface area contributed by atoms with Gasteiger partial charge in [-0.1, -0.05) is 24.3 Å². The molecule has 0 saturated carbocycles. The molecule has 3 rings (SSSR count). The molecule has 1 unspecified atom stereocenters. The van der Waals surface area contributed by atoms with Gasteiger partial charge in [-0.05, 0) is 49.6 Å². The van der Waals surface area contributed by atoms with E-state index in [0.29, 0.717) is 0 Å². The van der Waals surface area contributed by atoms with Crippen molar-refractivity contribution < 1.29 is 5.11 Å². The van der Waals surface area contributed by atoms with Crippen LogP contribution in [0.15, 0.2) is 48.5 Å². The largest absolute Gasteiger partial charge is 0.393 e. The first-order valence-electron chi connectivity index (χ1n) is 9.10. The van der Waals surface area contributed by atoms with Crippen LogP contribution in [0.4, 0.5) is 17.1 Å². The minimum Gasteiger partial charge on any atom is -0.393 e. The van der Waals surface area contributed by atoms with Gasteiger partial charge in [-0.3, -0.25) is 0 Å². The highest BCUT2D eigenvalue weighted by atomic mass is 16.3. The summed E-state index contributed by atoms with van der Waals surface area (Å²) in [4.78, 5) is 4.48. The number of nitrogens with zero attached hydrogens (tertiary/aromatic N) is 2. The van der Waals surface area contributed by atoms with Gasteiger partial charge in [0.2, 0.25) is 0 Å². The van der Waals surface area contributed by atoms with E-state index in [1.165, 1.54) is 16.9 Å². The molecule has 2 N–H and O–H groups in total. The molecule has 2 aromatic rings. The monoisotopic (exact) mass is 339 g/mol. The van der Waals surface area contributed by atoms with E-state index in [4.69, 9.17) is 0 Å². The quantitative estimate of drug-likeness (QED) is 0.867. The summed E-state index contributed by atoms with van der Waals surface area (Å²) in [6.45, 7) is 4.06. The maximum absolute atomic E-state index is 9.65. The molecular weight excluding hydrogens is 310 g/mol. The Labute approximate surface area is 151 Å². The Morgan fingerprint density at radius 1 is 1.04 bits per heavy atom. The van der Waals surface area contributed by atoms with Crippen LogP contribution in [0.5, 0.6) is 0 Å². The maximum Gasteiger partial charge on any atom is 0.0596 e. The van der Waals surface area contributed by atoms with E-state index in [9.17, 15) is 5.11 Å². The van der Waals surface area contributed by atoms with Crippen molar-refractivity contribution in [2.75, 3.05) is 42.3 Å². The first-order valence-corrected chi connectivity index (χ1v) is 9.10. The predicted octanol–water partition coefficient (Wildman–Crippen LogP) is 3.89. The van der Waals surface area contributed by atoms with Gasteiger partial charge in [-0.2, -0.15) is 0 Å². The number of benzene rings is 2. The highest BCUT2D eigenvalue weighted by Crippen LogP contribution is 2.29. The molecular formula is C21H29N3O. The SMILES string of the molecule is CC(Nc1ccccc1N(C)C)c1ccc(N2CCC(O)CC2)cc1. The number of para-hydroxylation sites is 2. The fourth-order valence-electron chi connectivity index (χ4n) is 3.40. The summed E-state index contributed by atoms with van der Waals surface area (Å²) in [5.41, 5.74) is 4.86. The second-order valence-corrected chi connectivity index (χ2v) is 7.09. The Balaban J connectivity index is 1.68. The fraction of sp³-hybridized carbons (Fsp3) is 0.429. The molecule has 0 amide bonds. The van der Waals surface area contributed by atoms with Crippen LogP contribution in [0.25, 0.3) is 0 Å². The summed E-state index contributed by atoms with van der Waals surface area (Å²) in [5, 5.41) is 13.3. The molecule has 2 aromatic carbocycles. The summed E-state index contributed by atoms with van der Waals surface area (Å²) in [6, 6.07) is 17.4. The molecule has 0 spiro atoms. The Morgan fingerprint density at radius 3 is 2.32 bits per heavy atom. The first-order chi connectivity index (χ1) is 12.0. The molecule has 0 radical (unpaired) electrons. The lowest BCUT2D eigenvalue weighted by Gasteiger charge is -2.31. The smallest absolute Gasteiger partial charge is 0.0596 e. The van der Waals surface area contributed by atoms with E-state index in [0.717, 1.165) is 31.6 Å². The molecule has 1 aliphatic heterocycles. The number of rotatable bonds is 5. The second kappa shape index (κ2) is 7.79. The number of aliphatic hydroxyl groups excluding tert-OH is 1.